The molecule has 0 spiro atoms. The highest BCUT2D eigenvalue weighted by molar-refractivity contribution is 9.10. The lowest BCUT2D eigenvalue weighted by Gasteiger charge is -2.14. The van der Waals surface area contributed by atoms with E-state index >= 15 is 0 Å². The maximum Gasteiger partial charge on any atom is 0.148 e. The molecule has 2 aromatic rings. The van der Waals surface area contributed by atoms with Crippen molar-refractivity contribution >= 4 is 15.9 Å². The van der Waals surface area contributed by atoms with Gasteiger partial charge in [0.25, 0.3) is 0 Å². The summed E-state index contributed by atoms with van der Waals surface area (Å²) in [5.74, 6) is 0.0180. The van der Waals surface area contributed by atoms with Crippen molar-refractivity contribution < 1.29 is 9.13 Å². The van der Waals surface area contributed by atoms with E-state index in [1.165, 1.54) is 7.11 Å². The van der Waals surface area contributed by atoms with Gasteiger partial charge in [0.15, 0.2) is 0 Å². The van der Waals surface area contributed by atoms with Gasteiger partial charge in [-0.25, -0.2) is 4.39 Å². The highest BCUT2D eigenvalue weighted by Crippen LogP contribution is 2.35. The lowest BCUT2D eigenvalue weighted by atomic mass is 9.98. The van der Waals surface area contributed by atoms with Crippen molar-refractivity contribution in [2.24, 2.45) is 5.18 Å². The minimum absolute atomic E-state index is 0.217. The largest absolute Gasteiger partial charge is 0.496 e. The topological polar surface area (TPSA) is 38.7 Å². The molecular formula is C14H11BrFNO2. The number of hydrogen-bond acceptors (Lipinski definition) is 3. The van der Waals surface area contributed by atoms with Gasteiger partial charge in [-0.05, 0) is 28.1 Å². The summed E-state index contributed by atoms with van der Waals surface area (Å²) in [4.78, 5) is 11.2. The van der Waals surface area contributed by atoms with Crippen LogP contribution in [-0.2, 0) is 0 Å². The second-order valence-corrected chi connectivity index (χ2v) is 4.75. The van der Waals surface area contributed by atoms with Crippen LogP contribution in [0.2, 0.25) is 0 Å². The van der Waals surface area contributed by atoms with Crippen molar-refractivity contribution in [3.05, 3.63) is 68.8 Å². The molecule has 0 aromatic heterocycles. The molecule has 0 aliphatic carbocycles. The minimum Gasteiger partial charge on any atom is -0.496 e. The van der Waals surface area contributed by atoms with Gasteiger partial charge in [-0.2, -0.15) is 0 Å². The van der Waals surface area contributed by atoms with Gasteiger partial charge in [0.1, 0.15) is 17.6 Å². The Labute approximate surface area is 118 Å². The summed E-state index contributed by atoms with van der Waals surface area (Å²) in [6, 6.07) is 10.8. The summed E-state index contributed by atoms with van der Waals surface area (Å²) < 4.78 is 19.6. The number of methoxy groups -OCH3 is 1. The minimum atomic E-state index is -0.936. The van der Waals surface area contributed by atoms with Gasteiger partial charge in [-0.15, -0.1) is 4.91 Å². The Hall–Kier alpha value is -1.75. The fraction of sp³-hybridized carbons (Fsp3) is 0.143. The number of benzene rings is 2. The standard InChI is InChI=1S/C14H11BrFNO2/c1-19-12-8-3-2-5-9(12)14(17-18)10-6-4-7-11(15)13(10)16/h2-8,14H,1H3. The summed E-state index contributed by atoms with van der Waals surface area (Å²) in [5.41, 5.74) is 0.755. The number of hydrogen-bond donors (Lipinski definition) is 0. The van der Waals surface area contributed by atoms with Gasteiger partial charge in [-0.3, -0.25) is 0 Å². The maximum absolute atomic E-state index is 14.1. The molecule has 0 aliphatic heterocycles. The van der Waals surface area contributed by atoms with Crippen LogP contribution in [0.25, 0.3) is 0 Å². The predicted molar refractivity (Wildman–Crippen MR) is 74.7 cm³/mol. The van der Waals surface area contributed by atoms with E-state index in [0.29, 0.717) is 15.8 Å². The molecule has 0 fully saturated rings. The Morgan fingerprint density at radius 2 is 1.84 bits per heavy atom. The smallest absolute Gasteiger partial charge is 0.148 e. The van der Waals surface area contributed by atoms with Crippen LogP contribution in [0.15, 0.2) is 52.1 Å². The van der Waals surface area contributed by atoms with Crippen LogP contribution in [0.1, 0.15) is 17.2 Å². The lowest BCUT2D eigenvalue weighted by Crippen LogP contribution is -2.03. The van der Waals surface area contributed by atoms with Crippen molar-refractivity contribution in [1.82, 2.24) is 0 Å². The Morgan fingerprint density at radius 3 is 2.53 bits per heavy atom. The number of rotatable bonds is 4. The molecule has 3 nitrogen and oxygen atoms in total. The molecule has 5 heteroatoms. The molecule has 0 amide bonds. The number of para-hydroxylation sites is 1. The van der Waals surface area contributed by atoms with Gasteiger partial charge >= 0.3 is 0 Å². The van der Waals surface area contributed by atoms with Crippen LogP contribution in [0.5, 0.6) is 5.75 Å². The zero-order valence-electron chi connectivity index (χ0n) is 10.1. The van der Waals surface area contributed by atoms with Crippen molar-refractivity contribution in [1.29, 1.82) is 0 Å². The van der Waals surface area contributed by atoms with Gasteiger partial charge in [0.2, 0.25) is 0 Å². The summed E-state index contributed by atoms with van der Waals surface area (Å²) in [6.45, 7) is 0. The molecule has 19 heavy (non-hydrogen) atoms. The van der Waals surface area contributed by atoms with E-state index < -0.39 is 11.9 Å². The van der Waals surface area contributed by atoms with Crippen LogP contribution < -0.4 is 4.74 Å². The van der Waals surface area contributed by atoms with E-state index in [2.05, 4.69) is 21.1 Å². The summed E-state index contributed by atoms with van der Waals surface area (Å²) in [5, 5.41) is 3.05. The van der Waals surface area contributed by atoms with E-state index in [4.69, 9.17) is 4.74 Å². The van der Waals surface area contributed by atoms with E-state index in [0.717, 1.165) is 0 Å². The first-order valence-electron chi connectivity index (χ1n) is 5.58. The SMILES string of the molecule is COc1ccccc1C(N=O)c1cccc(Br)c1F. The van der Waals surface area contributed by atoms with E-state index in [1.807, 2.05) is 0 Å². The molecule has 1 unspecified atom stereocenters. The first-order chi connectivity index (χ1) is 9.19. The first-order valence-corrected chi connectivity index (χ1v) is 6.37. The number of nitrogens with zero attached hydrogens (tertiary/aromatic N) is 1. The van der Waals surface area contributed by atoms with Crippen molar-refractivity contribution in [2.45, 2.75) is 6.04 Å². The maximum atomic E-state index is 14.1. The van der Waals surface area contributed by atoms with Gasteiger partial charge < -0.3 is 4.74 Å². The molecule has 2 aromatic carbocycles. The fourth-order valence-electron chi connectivity index (χ4n) is 1.91. The molecule has 0 N–H and O–H groups in total. The Morgan fingerprint density at radius 1 is 1.16 bits per heavy atom. The molecule has 0 bridgehead atoms. The second-order valence-electron chi connectivity index (χ2n) is 3.89. The molecule has 0 saturated carbocycles. The molecule has 2 rings (SSSR count). The van der Waals surface area contributed by atoms with Crippen molar-refractivity contribution in [3.8, 4) is 5.75 Å². The zero-order chi connectivity index (χ0) is 13.8. The molecule has 0 heterocycles. The van der Waals surface area contributed by atoms with Crippen molar-refractivity contribution in [3.63, 3.8) is 0 Å². The number of ether oxygens (including phenoxy) is 1. The third-order valence-corrected chi connectivity index (χ3v) is 3.43. The monoisotopic (exact) mass is 323 g/mol. The van der Waals surface area contributed by atoms with E-state index in [1.54, 1.807) is 42.5 Å². The Bertz CT molecular complexity index is 604. The number of nitroso groups, excluding NO2 is 1. The summed E-state index contributed by atoms with van der Waals surface area (Å²) >= 11 is 3.10. The molecule has 1 atom stereocenters. The molecule has 98 valence electrons. The van der Waals surface area contributed by atoms with Gasteiger partial charge in [0.05, 0.1) is 11.6 Å². The van der Waals surface area contributed by atoms with Crippen LogP contribution in [-0.4, -0.2) is 7.11 Å². The number of halogens is 2. The fourth-order valence-corrected chi connectivity index (χ4v) is 2.29. The highest BCUT2D eigenvalue weighted by Gasteiger charge is 2.22. The van der Waals surface area contributed by atoms with Crippen molar-refractivity contribution in [2.75, 3.05) is 7.11 Å². The molecule has 0 aliphatic rings. The quantitative estimate of drug-likeness (QED) is 0.779. The van der Waals surface area contributed by atoms with Gasteiger partial charge in [0, 0.05) is 11.1 Å². The Balaban J connectivity index is 2.56. The van der Waals surface area contributed by atoms with Crippen LogP contribution in [0.4, 0.5) is 4.39 Å². The first kappa shape index (κ1) is 13.7. The normalized spacial score (nSPS) is 11.9. The average Bonchev–Trinajstić information content (AvgIpc) is 2.45. The third kappa shape index (κ3) is 2.66. The predicted octanol–water partition coefficient (Wildman–Crippen LogP) is 4.45. The molecule has 0 saturated heterocycles. The second kappa shape index (κ2) is 5.93. The van der Waals surface area contributed by atoms with Gasteiger partial charge in [-0.1, -0.05) is 35.5 Å². The van der Waals surface area contributed by atoms with Crippen LogP contribution >= 0.6 is 15.9 Å². The molecule has 0 radical (unpaired) electrons. The van der Waals surface area contributed by atoms with Crippen LogP contribution in [0.3, 0.4) is 0 Å². The summed E-state index contributed by atoms with van der Waals surface area (Å²) in [6.07, 6.45) is 0. The highest BCUT2D eigenvalue weighted by atomic mass is 79.9. The third-order valence-electron chi connectivity index (χ3n) is 2.81. The van der Waals surface area contributed by atoms with E-state index in [9.17, 15) is 9.30 Å². The lowest BCUT2D eigenvalue weighted by molar-refractivity contribution is 0.407. The van der Waals surface area contributed by atoms with Crippen LogP contribution in [0, 0.1) is 10.7 Å². The van der Waals surface area contributed by atoms with E-state index in [-0.39, 0.29) is 5.56 Å². The average molecular weight is 324 g/mol. The summed E-state index contributed by atoms with van der Waals surface area (Å²) in [7, 11) is 1.50. The Kier molecular flexibility index (Phi) is 4.27. The zero-order valence-corrected chi connectivity index (χ0v) is 11.7. The molecular weight excluding hydrogens is 313 g/mol.